The average Bonchev–Trinajstić information content (AvgIpc) is 2.98. The standard InChI is InChI=1S/C18H22N2.ClH/c1-19-17-9-7-16(8-10-17)18(11-12-20-14-18)13-15-5-3-2-4-6-15;/h2-10,19-20H,11-14H2,1H3;1H. The van der Waals surface area contributed by atoms with Gasteiger partial charge in [-0.2, -0.15) is 0 Å². The van der Waals surface area contributed by atoms with E-state index in [9.17, 15) is 0 Å². The Morgan fingerprint density at radius 2 is 1.76 bits per heavy atom. The lowest BCUT2D eigenvalue weighted by Gasteiger charge is -2.29. The molecule has 1 saturated heterocycles. The van der Waals surface area contributed by atoms with Crippen LogP contribution in [0.4, 0.5) is 5.69 Å². The second-order valence-corrected chi connectivity index (χ2v) is 5.70. The van der Waals surface area contributed by atoms with E-state index in [1.807, 2.05) is 7.05 Å². The molecule has 0 amide bonds. The van der Waals surface area contributed by atoms with Gasteiger partial charge < -0.3 is 10.6 Å². The maximum Gasteiger partial charge on any atom is 0.0337 e. The summed E-state index contributed by atoms with van der Waals surface area (Å²) in [6.07, 6.45) is 2.32. The van der Waals surface area contributed by atoms with Crippen LogP contribution in [0.5, 0.6) is 0 Å². The predicted molar refractivity (Wildman–Crippen MR) is 92.5 cm³/mol. The number of hydrogen-bond donors (Lipinski definition) is 2. The summed E-state index contributed by atoms with van der Waals surface area (Å²) in [6, 6.07) is 19.8. The van der Waals surface area contributed by atoms with Gasteiger partial charge in [-0.15, -0.1) is 12.4 Å². The lowest BCUT2D eigenvalue weighted by atomic mass is 9.75. The van der Waals surface area contributed by atoms with Crippen LogP contribution in [0.3, 0.4) is 0 Å². The Morgan fingerprint density at radius 1 is 1.05 bits per heavy atom. The molecule has 0 saturated carbocycles. The van der Waals surface area contributed by atoms with E-state index < -0.39 is 0 Å². The third kappa shape index (κ3) is 3.39. The first-order valence-corrected chi connectivity index (χ1v) is 7.35. The summed E-state index contributed by atoms with van der Waals surface area (Å²) >= 11 is 0. The average molecular weight is 303 g/mol. The van der Waals surface area contributed by atoms with Crippen LogP contribution in [-0.4, -0.2) is 20.1 Å². The largest absolute Gasteiger partial charge is 0.388 e. The SMILES string of the molecule is CNc1ccc(C2(Cc3ccccc3)CCNC2)cc1.Cl. The van der Waals surface area contributed by atoms with Crippen molar-refractivity contribution >= 4 is 18.1 Å². The molecule has 1 aliphatic heterocycles. The fourth-order valence-corrected chi connectivity index (χ4v) is 3.22. The quantitative estimate of drug-likeness (QED) is 0.901. The molecule has 3 rings (SSSR count). The van der Waals surface area contributed by atoms with Crippen LogP contribution in [0.25, 0.3) is 0 Å². The van der Waals surface area contributed by atoms with Crippen LogP contribution in [0, 0.1) is 0 Å². The van der Waals surface area contributed by atoms with Gasteiger partial charge in [-0.1, -0.05) is 42.5 Å². The Kier molecular flexibility index (Phi) is 5.27. The van der Waals surface area contributed by atoms with Gasteiger partial charge in [0.25, 0.3) is 0 Å². The number of halogens is 1. The normalized spacial score (nSPS) is 20.8. The van der Waals surface area contributed by atoms with E-state index in [1.54, 1.807) is 0 Å². The zero-order valence-corrected chi connectivity index (χ0v) is 13.2. The number of hydrogen-bond acceptors (Lipinski definition) is 2. The fourth-order valence-electron chi connectivity index (χ4n) is 3.22. The van der Waals surface area contributed by atoms with Gasteiger partial charge in [0, 0.05) is 24.7 Å². The van der Waals surface area contributed by atoms with Crippen molar-refractivity contribution < 1.29 is 0 Å². The molecular formula is C18H23ClN2. The minimum Gasteiger partial charge on any atom is -0.388 e. The van der Waals surface area contributed by atoms with Gasteiger partial charge in [0.2, 0.25) is 0 Å². The summed E-state index contributed by atoms with van der Waals surface area (Å²) in [5.74, 6) is 0. The Hall–Kier alpha value is -1.51. The zero-order valence-electron chi connectivity index (χ0n) is 12.4. The van der Waals surface area contributed by atoms with E-state index in [2.05, 4.69) is 65.2 Å². The van der Waals surface area contributed by atoms with Crippen LogP contribution in [-0.2, 0) is 11.8 Å². The van der Waals surface area contributed by atoms with E-state index >= 15 is 0 Å². The smallest absolute Gasteiger partial charge is 0.0337 e. The molecule has 0 bridgehead atoms. The molecule has 112 valence electrons. The van der Waals surface area contributed by atoms with Crippen LogP contribution >= 0.6 is 12.4 Å². The lowest BCUT2D eigenvalue weighted by Crippen LogP contribution is -2.31. The van der Waals surface area contributed by atoms with Gasteiger partial charge in [0.05, 0.1) is 0 Å². The Bertz CT molecular complexity index is 545. The first kappa shape index (κ1) is 15.9. The molecule has 1 fully saturated rings. The summed E-state index contributed by atoms with van der Waals surface area (Å²) in [5.41, 5.74) is 4.29. The van der Waals surface area contributed by atoms with Crippen molar-refractivity contribution in [2.24, 2.45) is 0 Å². The molecule has 21 heavy (non-hydrogen) atoms. The summed E-state index contributed by atoms with van der Waals surface area (Å²) in [5, 5.41) is 6.74. The molecule has 1 atom stereocenters. The molecule has 1 aliphatic rings. The topological polar surface area (TPSA) is 24.1 Å². The molecule has 0 radical (unpaired) electrons. The fraction of sp³-hybridized carbons (Fsp3) is 0.333. The molecule has 2 nitrogen and oxygen atoms in total. The molecule has 0 aromatic heterocycles. The number of rotatable bonds is 4. The highest BCUT2D eigenvalue weighted by Gasteiger charge is 2.35. The number of nitrogens with one attached hydrogen (secondary N) is 2. The molecular weight excluding hydrogens is 280 g/mol. The van der Waals surface area contributed by atoms with Crippen molar-refractivity contribution in [3.8, 4) is 0 Å². The Morgan fingerprint density at radius 3 is 2.33 bits per heavy atom. The third-order valence-electron chi connectivity index (χ3n) is 4.42. The molecule has 3 heteroatoms. The summed E-state index contributed by atoms with van der Waals surface area (Å²) in [6.45, 7) is 2.18. The first-order chi connectivity index (χ1) is 9.82. The van der Waals surface area contributed by atoms with Crippen molar-refractivity contribution in [2.45, 2.75) is 18.3 Å². The summed E-state index contributed by atoms with van der Waals surface area (Å²) in [4.78, 5) is 0. The molecule has 0 spiro atoms. The lowest BCUT2D eigenvalue weighted by molar-refractivity contribution is 0.468. The minimum absolute atomic E-state index is 0. The highest BCUT2D eigenvalue weighted by Crippen LogP contribution is 2.35. The molecule has 0 aliphatic carbocycles. The van der Waals surface area contributed by atoms with E-state index in [0.29, 0.717) is 0 Å². The third-order valence-corrected chi connectivity index (χ3v) is 4.42. The highest BCUT2D eigenvalue weighted by atomic mass is 35.5. The Labute approximate surface area is 133 Å². The van der Waals surface area contributed by atoms with Gasteiger partial charge in [-0.3, -0.25) is 0 Å². The maximum absolute atomic E-state index is 3.54. The molecule has 2 N–H and O–H groups in total. The molecule has 1 unspecified atom stereocenters. The second-order valence-electron chi connectivity index (χ2n) is 5.70. The molecule has 2 aromatic carbocycles. The highest BCUT2D eigenvalue weighted by molar-refractivity contribution is 5.85. The van der Waals surface area contributed by atoms with Gasteiger partial charge in [0.1, 0.15) is 0 Å². The van der Waals surface area contributed by atoms with Gasteiger partial charge >= 0.3 is 0 Å². The second kappa shape index (κ2) is 6.97. The van der Waals surface area contributed by atoms with E-state index in [0.717, 1.165) is 19.5 Å². The zero-order chi connectivity index (χ0) is 13.8. The number of benzene rings is 2. The van der Waals surface area contributed by atoms with Crippen LogP contribution in [0.15, 0.2) is 54.6 Å². The van der Waals surface area contributed by atoms with E-state index in [1.165, 1.54) is 23.2 Å². The Balaban J connectivity index is 0.00000161. The van der Waals surface area contributed by atoms with Crippen molar-refractivity contribution in [3.05, 3.63) is 65.7 Å². The van der Waals surface area contributed by atoms with Crippen molar-refractivity contribution in [1.29, 1.82) is 0 Å². The summed E-state index contributed by atoms with van der Waals surface area (Å²) < 4.78 is 0. The van der Waals surface area contributed by atoms with Crippen LogP contribution in [0.2, 0.25) is 0 Å². The van der Waals surface area contributed by atoms with Gasteiger partial charge in [-0.25, -0.2) is 0 Å². The predicted octanol–water partition coefficient (Wildman–Crippen LogP) is 3.62. The van der Waals surface area contributed by atoms with Crippen molar-refractivity contribution in [3.63, 3.8) is 0 Å². The van der Waals surface area contributed by atoms with E-state index in [4.69, 9.17) is 0 Å². The molecule has 2 aromatic rings. The van der Waals surface area contributed by atoms with Crippen molar-refractivity contribution in [1.82, 2.24) is 5.32 Å². The van der Waals surface area contributed by atoms with Gasteiger partial charge in [-0.05, 0) is 42.6 Å². The maximum atomic E-state index is 3.54. The van der Waals surface area contributed by atoms with Gasteiger partial charge in [0.15, 0.2) is 0 Å². The monoisotopic (exact) mass is 302 g/mol. The van der Waals surface area contributed by atoms with Crippen molar-refractivity contribution in [2.75, 3.05) is 25.5 Å². The van der Waals surface area contributed by atoms with Crippen LogP contribution < -0.4 is 10.6 Å². The number of anilines is 1. The van der Waals surface area contributed by atoms with E-state index in [-0.39, 0.29) is 17.8 Å². The first-order valence-electron chi connectivity index (χ1n) is 7.35. The minimum atomic E-state index is 0. The van der Waals surface area contributed by atoms with Crippen LogP contribution in [0.1, 0.15) is 17.5 Å². The summed E-state index contributed by atoms with van der Waals surface area (Å²) in [7, 11) is 1.96. The molecule has 1 heterocycles.